The van der Waals surface area contributed by atoms with Crippen LogP contribution in [0.5, 0.6) is 12.0 Å². The van der Waals surface area contributed by atoms with E-state index in [9.17, 15) is 107 Å². The second kappa shape index (κ2) is 34.0. The number of carboxylic acid groups (broad SMARTS) is 7. The lowest BCUT2D eigenvalue weighted by molar-refractivity contribution is 0.0676. The van der Waals surface area contributed by atoms with Gasteiger partial charge in [0.1, 0.15) is 33.1 Å². The summed E-state index contributed by atoms with van der Waals surface area (Å²) in [4.78, 5) is 106. The summed E-state index contributed by atoms with van der Waals surface area (Å²) < 4.78 is 58.8. The number of aromatic nitrogens is 22. The zero-order valence-electron chi connectivity index (χ0n) is 67.5. The van der Waals surface area contributed by atoms with Crippen LogP contribution >= 0.6 is 0 Å². The summed E-state index contributed by atoms with van der Waals surface area (Å²) in [5.74, 6) is -13.7. The van der Waals surface area contributed by atoms with Gasteiger partial charge in [0, 0.05) is 12.5 Å². The van der Waals surface area contributed by atoms with E-state index in [0.29, 0.717) is 5.56 Å². The molecule has 0 radical (unpaired) electrons. The van der Waals surface area contributed by atoms with E-state index in [1.54, 1.807) is 13.0 Å². The third-order valence-corrected chi connectivity index (χ3v) is 20.4. The molecule has 0 spiro atoms. The molecule has 14 rings (SSSR count). The number of sulfone groups is 2. The van der Waals surface area contributed by atoms with E-state index in [1.807, 2.05) is 12.1 Å². The summed E-state index contributed by atoms with van der Waals surface area (Å²) in [6.07, 6.45) is 3.71. The van der Waals surface area contributed by atoms with Crippen molar-refractivity contribution in [3.05, 3.63) is 175 Å². The van der Waals surface area contributed by atoms with Crippen LogP contribution < -0.4 is 22.9 Å². The number of aromatic carboxylic acids is 7. The minimum absolute atomic E-state index is 0.0554. The Balaban J connectivity index is 0.000000222. The van der Waals surface area contributed by atoms with Crippen LogP contribution in [0.3, 0.4) is 0 Å². The second-order valence-corrected chi connectivity index (χ2v) is 31.3. The average Bonchev–Trinajstić information content (AvgIpc) is 1.62. The molecule has 0 aliphatic rings. The smallest absolute Gasteiger partial charge is 0.335 e. The number of azo groups is 4. The Labute approximate surface area is 722 Å². The first-order valence-corrected chi connectivity index (χ1v) is 39.8. The van der Waals surface area contributed by atoms with Crippen molar-refractivity contribution in [2.45, 2.75) is 58.3 Å². The third kappa shape index (κ3) is 17.3. The van der Waals surface area contributed by atoms with Gasteiger partial charge in [0.15, 0.2) is 89.0 Å². The van der Waals surface area contributed by atoms with Crippen LogP contribution in [-0.4, -0.2) is 225 Å². The van der Waals surface area contributed by atoms with Crippen LogP contribution in [-0.2, 0) is 19.7 Å². The lowest BCUT2D eigenvalue weighted by atomic mass is 10.1. The molecule has 10 aromatic heterocycles. The van der Waals surface area contributed by atoms with Crippen molar-refractivity contribution in [1.82, 2.24) is 108 Å². The summed E-state index contributed by atoms with van der Waals surface area (Å²) >= 11 is 0. The van der Waals surface area contributed by atoms with Crippen molar-refractivity contribution < 1.29 is 96.4 Å². The highest BCUT2D eigenvalue weighted by Crippen LogP contribution is 2.40. The number of hydrogen-bond acceptors (Lipinski definition) is 41. The molecule has 58 heteroatoms. The number of aromatic hydroxyl groups is 2. The number of aryl methyl sites for hydroxylation is 7. The summed E-state index contributed by atoms with van der Waals surface area (Å²) in [5.41, 5.74) is 23.7. The van der Waals surface area contributed by atoms with Gasteiger partial charge in [-0.25, -0.2) is 69.1 Å². The molecule has 14 aromatic rings. The topological polar surface area (TPSA) is 840 Å². The van der Waals surface area contributed by atoms with Crippen molar-refractivity contribution in [3.63, 3.8) is 0 Å². The van der Waals surface area contributed by atoms with Gasteiger partial charge in [0.05, 0.1) is 108 Å². The van der Waals surface area contributed by atoms with Gasteiger partial charge in [-0.2, -0.15) is 99.9 Å². The quantitative estimate of drug-likeness (QED) is 0.0251. The van der Waals surface area contributed by atoms with Crippen LogP contribution in [0.4, 0.5) is 69.3 Å². The molecular weight excluding hydrogens is 1750 g/mol. The standard InChI is InChI=1S/C37H27N19O9.C35H31N17O11S2/c1-13-23(11-38)29(53(49-13)21-7-17(31(57)58)5-18(8-21)32(59)60)47-45-25-15(3)51-55(27(25)40)35-42-36(44-37(65)43-35)56-28(41)26(16(4)52-56)46-48-30-24(12-39)14(2)50-54(30)22-9-19(33(61)62)6-20(10-22)34(63)64;1-14-6-17(30(53)54)9-20(7-14)49-28(22(12-38-49)64(4,60)61)45-43-24-15(2)47-51(26(24)36)33-40-34(42-35(59)41-33)52-27(37)25(16(3)48-52)44-46-29-23(65(5,62)63)13-39-50(29)21-10-18(31(55)56)8-19(11-21)32(57)58/h5-10H,40-41H2,1-4H3,(H,57,58)(H,59,60)(H,61,62)(H,63,64)(H,42,43,44,65);6-13H,36-37H2,1-5H3,(H,53,54)(H,55,56)(H,57,58)(H,40,41,42,59). The predicted octanol–water partition coefficient (Wildman–Crippen LogP) is 7.23. The van der Waals surface area contributed by atoms with Crippen molar-refractivity contribution in [2.24, 2.45) is 40.9 Å². The van der Waals surface area contributed by atoms with Crippen LogP contribution in [0.2, 0.25) is 0 Å². The van der Waals surface area contributed by atoms with E-state index in [-0.39, 0.29) is 176 Å². The molecule has 0 saturated carbocycles. The molecule has 0 aliphatic heterocycles. The molecule has 4 aromatic carbocycles. The first-order valence-electron chi connectivity index (χ1n) is 36.0. The first-order chi connectivity index (χ1) is 61.2. The number of carbonyl (C=O) groups is 7. The number of benzene rings is 4. The molecular formula is C72H58N36O20S2. The first kappa shape index (κ1) is 88.7. The largest absolute Gasteiger partial charge is 0.479 e. The average molecular weight is 1810 g/mol. The van der Waals surface area contributed by atoms with Gasteiger partial charge in [0.25, 0.3) is 23.8 Å². The van der Waals surface area contributed by atoms with Gasteiger partial charge in [-0.3, -0.25) is 0 Å². The van der Waals surface area contributed by atoms with Crippen molar-refractivity contribution in [2.75, 3.05) is 35.4 Å². The Morgan fingerprint density at radius 1 is 0.323 bits per heavy atom. The lowest BCUT2D eigenvalue weighted by Gasteiger charge is -2.08. The number of nitrogens with two attached hydrogens (primary N) is 4. The molecule has 0 aliphatic carbocycles. The number of anilines is 4. The van der Waals surface area contributed by atoms with Crippen molar-refractivity contribution >= 4 is 131 Å². The molecule has 658 valence electrons. The zero-order valence-corrected chi connectivity index (χ0v) is 69.2. The van der Waals surface area contributed by atoms with Gasteiger partial charge in [-0.1, -0.05) is 0 Å². The number of nitrogens with zero attached hydrogens (tertiary/aromatic N) is 32. The lowest BCUT2D eigenvalue weighted by Crippen LogP contribution is -2.13. The third-order valence-electron chi connectivity index (χ3n) is 18.2. The fourth-order valence-corrected chi connectivity index (χ4v) is 13.6. The summed E-state index contributed by atoms with van der Waals surface area (Å²) in [6, 6.07) is 15.8. The minimum Gasteiger partial charge on any atom is -0.479 e. The van der Waals surface area contributed by atoms with Gasteiger partial charge in [-0.05, 0) is 127 Å². The predicted molar refractivity (Wildman–Crippen MR) is 438 cm³/mol. The SMILES string of the molecule is Cc1cc(C(=O)O)cc(-n2ncc(S(C)(=O)=O)c2N=Nc2c(C)nn(-c3nc(O)nc(-n4nc(C)c(N=Nc5c(S(C)(=O)=O)cnn5-c5cc(C(=O)O)cc(C(=O)O)c5)c4N)n3)c2N)c1.Cc1nn(-c2cc(C(=O)O)cc(C(=O)O)c2)c(N=Nc2c(C)nn(-c3nc(O)nc(-n4nc(C)c(N=Nc5c(C#N)c(C)nn5-c5cc(C(=O)O)cc(C(=O)O)c5)c4N)n3)c2N)c1C#N. The minimum atomic E-state index is -4.07. The molecule has 10 heterocycles. The second-order valence-electron chi connectivity index (χ2n) is 27.3. The van der Waals surface area contributed by atoms with Gasteiger partial charge >= 0.3 is 53.8 Å². The van der Waals surface area contributed by atoms with Crippen LogP contribution in [0.15, 0.2) is 136 Å². The number of carboxylic acids is 7. The summed E-state index contributed by atoms with van der Waals surface area (Å²) in [6.45, 7) is 10.5. The van der Waals surface area contributed by atoms with E-state index in [2.05, 4.69) is 112 Å². The molecule has 0 bridgehead atoms. The summed E-state index contributed by atoms with van der Waals surface area (Å²) in [7, 11) is -8.03. The molecule has 17 N–H and O–H groups in total. The highest BCUT2D eigenvalue weighted by Gasteiger charge is 2.31. The molecule has 0 atom stereocenters. The number of rotatable bonds is 25. The van der Waals surface area contributed by atoms with Gasteiger partial charge < -0.3 is 68.9 Å². The maximum atomic E-state index is 12.8. The molecule has 0 unspecified atom stereocenters. The van der Waals surface area contributed by atoms with Crippen LogP contribution in [0.1, 0.15) is 123 Å². The summed E-state index contributed by atoms with van der Waals surface area (Å²) in [5, 5.41) is 175. The Kier molecular flexibility index (Phi) is 23.2. The monoisotopic (exact) mass is 1810 g/mol. The number of nitriles is 2. The molecule has 0 fully saturated rings. The maximum absolute atomic E-state index is 12.8. The van der Waals surface area contributed by atoms with E-state index in [4.69, 9.17) is 22.9 Å². The fraction of sp³-hybridized carbons (Fsp3) is 0.125. The van der Waals surface area contributed by atoms with E-state index >= 15 is 0 Å². The van der Waals surface area contributed by atoms with Crippen molar-refractivity contribution in [3.8, 4) is 70.7 Å². The Morgan fingerprint density at radius 3 is 0.800 bits per heavy atom. The number of nitrogen functional groups attached to an aromatic ring is 4. The normalized spacial score (nSPS) is 11.7. The van der Waals surface area contributed by atoms with Crippen LogP contribution in [0.25, 0.3) is 46.5 Å². The van der Waals surface area contributed by atoms with Crippen LogP contribution in [0, 0.1) is 71.1 Å². The Morgan fingerprint density at radius 2 is 0.554 bits per heavy atom. The van der Waals surface area contributed by atoms with Crippen molar-refractivity contribution in [1.29, 1.82) is 10.5 Å². The zero-order chi connectivity index (χ0) is 94.6. The molecule has 0 saturated heterocycles. The Bertz CT molecular complexity index is 7400. The maximum Gasteiger partial charge on any atom is 0.335 e. The highest BCUT2D eigenvalue weighted by atomic mass is 32.2. The molecule has 0 amide bonds. The Hall–Kier alpha value is -19.0. The van der Waals surface area contributed by atoms with Gasteiger partial charge in [0.2, 0.25) is 0 Å². The van der Waals surface area contributed by atoms with E-state index in [0.717, 1.165) is 117 Å². The molecule has 130 heavy (non-hydrogen) atoms. The van der Waals surface area contributed by atoms with E-state index in [1.165, 1.54) is 53.7 Å². The van der Waals surface area contributed by atoms with Gasteiger partial charge in [-0.15, -0.1) is 40.9 Å². The highest BCUT2D eigenvalue weighted by molar-refractivity contribution is 7.91. The number of hydrogen-bond donors (Lipinski definition) is 13. The fourth-order valence-electron chi connectivity index (χ4n) is 12.2. The molecule has 56 nitrogen and oxygen atoms in total. The van der Waals surface area contributed by atoms with E-state index < -0.39 is 107 Å².